The zero-order valence-electron chi connectivity index (χ0n) is 22.0. The third kappa shape index (κ3) is 6.77. The van der Waals surface area contributed by atoms with Gasteiger partial charge in [-0.15, -0.1) is 0 Å². The van der Waals surface area contributed by atoms with Crippen LogP contribution in [0.2, 0.25) is 0 Å². The van der Waals surface area contributed by atoms with Crippen LogP contribution in [0, 0.1) is 6.92 Å². The quantitative estimate of drug-likeness (QED) is 0.426. The maximum atomic E-state index is 13.8. The molecule has 0 bridgehead atoms. The van der Waals surface area contributed by atoms with E-state index in [1.165, 1.54) is 24.1 Å². The Hall–Kier alpha value is -3.65. The maximum absolute atomic E-state index is 13.8. The molecule has 3 aromatic carbocycles. The summed E-state index contributed by atoms with van der Waals surface area (Å²) in [5.74, 6) is -0.544. The molecule has 0 unspecified atom stereocenters. The molecule has 1 N–H and O–H groups in total. The lowest BCUT2D eigenvalue weighted by Gasteiger charge is -2.32. The highest BCUT2D eigenvalue weighted by atomic mass is 32.2. The summed E-state index contributed by atoms with van der Waals surface area (Å²) >= 11 is 0. The number of benzene rings is 3. The van der Waals surface area contributed by atoms with Crippen LogP contribution >= 0.6 is 0 Å². The van der Waals surface area contributed by atoms with Crippen LogP contribution in [0.25, 0.3) is 0 Å². The van der Waals surface area contributed by atoms with Crippen molar-refractivity contribution >= 4 is 27.5 Å². The van der Waals surface area contributed by atoms with Gasteiger partial charge in [0.2, 0.25) is 11.8 Å². The Morgan fingerprint density at radius 1 is 0.892 bits per heavy atom. The van der Waals surface area contributed by atoms with Gasteiger partial charge in [-0.05, 0) is 55.2 Å². The second-order valence-electron chi connectivity index (χ2n) is 9.37. The van der Waals surface area contributed by atoms with Gasteiger partial charge in [0.15, 0.2) is 0 Å². The molecule has 0 aromatic heterocycles. The Bertz CT molecular complexity index is 1320. The lowest BCUT2D eigenvalue weighted by Crippen LogP contribution is -2.50. The first-order valence-electron chi connectivity index (χ1n) is 12.3. The molecule has 0 aliphatic rings. The number of amides is 2. The van der Waals surface area contributed by atoms with Crippen molar-refractivity contribution in [3.63, 3.8) is 0 Å². The smallest absolute Gasteiger partial charge is 0.264 e. The molecule has 0 radical (unpaired) electrons. The first-order chi connectivity index (χ1) is 17.5. The molecule has 3 aromatic rings. The molecule has 0 saturated carbocycles. The fraction of sp³-hybridized carbons (Fsp3) is 0.310. The van der Waals surface area contributed by atoms with E-state index in [9.17, 15) is 18.0 Å². The molecule has 0 aliphatic heterocycles. The summed E-state index contributed by atoms with van der Waals surface area (Å²) in [5.41, 5.74) is 3.31. The van der Waals surface area contributed by atoms with Crippen LogP contribution < -0.4 is 9.62 Å². The van der Waals surface area contributed by atoms with Crippen molar-refractivity contribution in [1.29, 1.82) is 0 Å². The molecular formula is C29H35N3O4S. The normalized spacial score (nSPS) is 12.2. The number of nitrogens with one attached hydrogen (secondary N) is 1. The number of sulfonamides is 1. The van der Waals surface area contributed by atoms with E-state index >= 15 is 0 Å². The van der Waals surface area contributed by atoms with Gasteiger partial charge in [-0.3, -0.25) is 13.9 Å². The van der Waals surface area contributed by atoms with E-state index in [2.05, 4.69) is 19.2 Å². The summed E-state index contributed by atoms with van der Waals surface area (Å²) in [6, 6.07) is 22.1. The molecule has 0 spiro atoms. The molecule has 196 valence electrons. The van der Waals surface area contributed by atoms with Crippen LogP contribution in [0.15, 0.2) is 83.8 Å². The second kappa shape index (κ2) is 12.1. The van der Waals surface area contributed by atoms with Crippen molar-refractivity contribution < 1.29 is 18.0 Å². The number of carbonyl (C=O) groups excluding carboxylic acids is 2. The molecular weight excluding hydrogens is 486 g/mol. The Morgan fingerprint density at radius 2 is 1.54 bits per heavy atom. The minimum absolute atomic E-state index is 0.0836. The van der Waals surface area contributed by atoms with Gasteiger partial charge in [-0.25, -0.2) is 8.42 Å². The lowest BCUT2D eigenvalue weighted by atomic mass is 10.0. The average Bonchev–Trinajstić information content (AvgIpc) is 2.89. The monoisotopic (exact) mass is 521 g/mol. The molecule has 0 heterocycles. The first-order valence-corrected chi connectivity index (χ1v) is 13.7. The molecule has 0 saturated heterocycles. The van der Waals surface area contributed by atoms with E-state index in [4.69, 9.17) is 0 Å². The predicted molar refractivity (Wildman–Crippen MR) is 147 cm³/mol. The highest BCUT2D eigenvalue weighted by molar-refractivity contribution is 7.92. The summed E-state index contributed by atoms with van der Waals surface area (Å²) in [6.45, 7) is 7.42. The standard InChI is InChI=1S/C29H35N3O4S/c1-21(2)25-14-16-26(17-15-25)32(37(35,36)27-12-7-6-8-13-27)20-28(33)31(23(4)29(34)30-5)19-24-11-9-10-22(3)18-24/h6-18,21,23H,19-20H2,1-5H3,(H,30,34)/t23-/m0/s1. The Labute approximate surface area is 220 Å². The highest BCUT2D eigenvalue weighted by Crippen LogP contribution is 2.26. The van der Waals surface area contributed by atoms with Gasteiger partial charge in [0.25, 0.3) is 10.0 Å². The third-order valence-electron chi connectivity index (χ3n) is 6.31. The maximum Gasteiger partial charge on any atom is 0.264 e. The van der Waals surface area contributed by atoms with Crippen molar-refractivity contribution in [3.8, 4) is 0 Å². The van der Waals surface area contributed by atoms with Crippen LogP contribution in [0.5, 0.6) is 0 Å². The SMILES string of the molecule is CNC(=O)[C@H](C)N(Cc1cccc(C)c1)C(=O)CN(c1ccc(C(C)C)cc1)S(=O)(=O)c1ccccc1. The predicted octanol–water partition coefficient (Wildman–Crippen LogP) is 4.48. The van der Waals surface area contributed by atoms with Crippen LogP contribution in [-0.4, -0.2) is 44.8 Å². The van der Waals surface area contributed by atoms with E-state index in [1.54, 1.807) is 37.3 Å². The summed E-state index contributed by atoms with van der Waals surface area (Å²) in [7, 11) is -2.55. The van der Waals surface area contributed by atoms with Gasteiger partial charge in [0.05, 0.1) is 10.6 Å². The van der Waals surface area contributed by atoms with Gasteiger partial charge in [0.1, 0.15) is 12.6 Å². The number of aryl methyl sites for hydroxylation is 1. The number of carbonyl (C=O) groups is 2. The molecule has 7 nitrogen and oxygen atoms in total. The third-order valence-corrected chi connectivity index (χ3v) is 8.09. The van der Waals surface area contributed by atoms with Crippen LogP contribution in [0.4, 0.5) is 5.69 Å². The number of likely N-dealkylation sites (N-methyl/N-ethyl adjacent to an activating group) is 1. The van der Waals surface area contributed by atoms with Crippen molar-refractivity contribution in [2.24, 2.45) is 0 Å². The summed E-state index contributed by atoms with van der Waals surface area (Å²) in [4.78, 5) is 27.8. The zero-order valence-corrected chi connectivity index (χ0v) is 22.8. The molecule has 37 heavy (non-hydrogen) atoms. The van der Waals surface area contributed by atoms with Crippen molar-refractivity contribution in [2.75, 3.05) is 17.9 Å². The topological polar surface area (TPSA) is 86.8 Å². The van der Waals surface area contributed by atoms with Crippen molar-refractivity contribution in [2.45, 2.75) is 51.1 Å². The van der Waals surface area contributed by atoms with Crippen molar-refractivity contribution in [1.82, 2.24) is 10.2 Å². The van der Waals surface area contributed by atoms with Crippen LogP contribution in [-0.2, 0) is 26.2 Å². The minimum atomic E-state index is -4.06. The minimum Gasteiger partial charge on any atom is -0.357 e. The van der Waals surface area contributed by atoms with Gasteiger partial charge < -0.3 is 10.2 Å². The second-order valence-corrected chi connectivity index (χ2v) is 11.2. The summed E-state index contributed by atoms with van der Waals surface area (Å²) in [5, 5.41) is 2.59. The largest absolute Gasteiger partial charge is 0.357 e. The van der Waals surface area contributed by atoms with E-state index in [-0.39, 0.29) is 23.3 Å². The number of hydrogen-bond donors (Lipinski definition) is 1. The Morgan fingerprint density at radius 3 is 2.11 bits per heavy atom. The molecule has 8 heteroatoms. The molecule has 2 amide bonds. The van der Waals surface area contributed by atoms with E-state index in [1.807, 2.05) is 43.3 Å². The molecule has 3 rings (SSSR count). The Balaban J connectivity index is 2.03. The van der Waals surface area contributed by atoms with Gasteiger partial charge in [-0.1, -0.05) is 74.0 Å². The molecule has 0 aliphatic carbocycles. The molecule has 0 fully saturated rings. The lowest BCUT2D eigenvalue weighted by molar-refractivity contribution is -0.139. The first kappa shape index (κ1) is 27.9. The summed E-state index contributed by atoms with van der Waals surface area (Å²) < 4.78 is 28.6. The van der Waals surface area contributed by atoms with E-state index in [0.29, 0.717) is 5.69 Å². The fourth-order valence-electron chi connectivity index (χ4n) is 4.07. The van der Waals surface area contributed by atoms with Gasteiger partial charge in [0, 0.05) is 13.6 Å². The van der Waals surface area contributed by atoms with Crippen LogP contribution in [0.1, 0.15) is 43.4 Å². The average molecular weight is 522 g/mol. The van der Waals surface area contributed by atoms with Gasteiger partial charge in [-0.2, -0.15) is 0 Å². The fourth-order valence-corrected chi connectivity index (χ4v) is 5.51. The highest BCUT2D eigenvalue weighted by Gasteiger charge is 2.32. The number of anilines is 1. The van der Waals surface area contributed by atoms with Crippen LogP contribution in [0.3, 0.4) is 0 Å². The van der Waals surface area contributed by atoms with E-state index in [0.717, 1.165) is 21.0 Å². The number of hydrogen-bond acceptors (Lipinski definition) is 4. The van der Waals surface area contributed by atoms with Crippen molar-refractivity contribution in [3.05, 3.63) is 95.6 Å². The van der Waals surface area contributed by atoms with Gasteiger partial charge >= 0.3 is 0 Å². The number of nitrogens with zero attached hydrogens (tertiary/aromatic N) is 2. The Kier molecular flexibility index (Phi) is 9.10. The zero-order chi connectivity index (χ0) is 27.2. The number of rotatable bonds is 10. The molecule has 1 atom stereocenters. The van der Waals surface area contributed by atoms with E-state index < -0.39 is 28.5 Å². The summed E-state index contributed by atoms with van der Waals surface area (Å²) in [6.07, 6.45) is 0.